The SMILES string of the molecule is COC(=O)[C@H](Cc1cccc2ccccc12)NC(=O)[C@H](CC(=O)OC(C)(C)C)NC(=O)c1cccc(NC(=O)[C@H](Cc2ccc(C(=N)SC)cc2)NC(=O)OC(C)(C)C)c1.I. The number of esters is 2. The third-order valence-corrected chi connectivity index (χ3v) is 9.42. The molecule has 61 heavy (non-hydrogen) atoms. The van der Waals surface area contributed by atoms with Gasteiger partial charge >= 0.3 is 18.0 Å². The largest absolute Gasteiger partial charge is 0.467 e. The molecule has 0 aromatic heterocycles. The van der Waals surface area contributed by atoms with Gasteiger partial charge in [-0.2, -0.15) is 0 Å². The second-order valence-corrected chi connectivity index (χ2v) is 16.8. The minimum Gasteiger partial charge on any atom is -0.467 e. The van der Waals surface area contributed by atoms with Crippen LogP contribution in [0.5, 0.6) is 0 Å². The molecule has 0 saturated carbocycles. The Balaban J connectivity index is 0.00000992. The lowest BCUT2D eigenvalue weighted by atomic mass is 9.98. The third-order valence-electron chi connectivity index (χ3n) is 8.78. The maximum atomic E-state index is 13.9. The number of anilines is 1. The molecule has 0 heterocycles. The molecule has 16 heteroatoms. The van der Waals surface area contributed by atoms with Gasteiger partial charge in [0.25, 0.3) is 5.91 Å². The van der Waals surface area contributed by atoms with E-state index in [9.17, 15) is 28.8 Å². The summed E-state index contributed by atoms with van der Waals surface area (Å²) in [6.07, 6.45) is 0.567. The molecule has 0 fully saturated rings. The number of methoxy groups -OCH3 is 1. The first-order valence-corrected chi connectivity index (χ1v) is 20.5. The summed E-state index contributed by atoms with van der Waals surface area (Å²) < 4.78 is 15.9. The van der Waals surface area contributed by atoms with E-state index in [2.05, 4.69) is 21.3 Å². The molecule has 0 bridgehead atoms. The summed E-state index contributed by atoms with van der Waals surface area (Å²) in [6, 6.07) is 22.4. The Hall–Kier alpha value is -5.49. The van der Waals surface area contributed by atoms with Gasteiger partial charge in [0.15, 0.2) is 0 Å². The van der Waals surface area contributed by atoms with Crippen LogP contribution in [0.15, 0.2) is 91.0 Å². The standard InChI is InChI=1S/C45H53N5O9S.HI/c1-44(2,3)58-37(51)26-35(41(54)49-36(42(55)57-7)25-30-15-11-14-28-13-9-10-18-33(28)30)48-39(52)31-16-12-17-32(24-31)47-40(53)34(50-43(56)59-45(4,5)6)23-27-19-21-29(22-20-27)38(46)60-8;/h9-22,24,34-36,46H,23,25-26H2,1-8H3,(H,47,53)(H,48,52)(H,49,54)(H,50,56);1H/t34-,35-,36-;/m0./s1. The van der Waals surface area contributed by atoms with Gasteiger partial charge in [-0.25, -0.2) is 9.59 Å². The summed E-state index contributed by atoms with van der Waals surface area (Å²) in [5.41, 5.74) is 0.678. The Labute approximate surface area is 377 Å². The van der Waals surface area contributed by atoms with Crippen LogP contribution in [-0.4, -0.2) is 83.5 Å². The Kier molecular flexibility index (Phi) is 18.3. The number of hydrogen-bond acceptors (Lipinski definition) is 11. The number of hydrogen-bond donors (Lipinski definition) is 5. The van der Waals surface area contributed by atoms with Crippen LogP contribution < -0.4 is 21.3 Å². The maximum Gasteiger partial charge on any atom is 0.408 e. The first-order chi connectivity index (χ1) is 28.2. The normalized spacial score (nSPS) is 12.7. The van der Waals surface area contributed by atoms with Crippen LogP contribution in [0.2, 0.25) is 0 Å². The second-order valence-electron chi connectivity index (χ2n) is 15.9. The molecule has 0 saturated heterocycles. The van der Waals surface area contributed by atoms with E-state index in [0.717, 1.165) is 16.3 Å². The van der Waals surface area contributed by atoms with Gasteiger partial charge in [-0.15, -0.1) is 35.7 Å². The molecule has 4 aromatic rings. The van der Waals surface area contributed by atoms with E-state index in [1.54, 1.807) is 78.1 Å². The number of alkyl carbamates (subject to hydrolysis) is 1. The number of fused-ring (bicyclic) bond motifs is 1. The van der Waals surface area contributed by atoms with E-state index < -0.39 is 71.5 Å². The highest BCUT2D eigenvalue weighted by atomic mass is 127. The molecule has 0 aliphatic rings. The lowest BCUT2D eigenvalue weighted by Gasteiger charge is -2.24. The number of amides is 4. The van der Waals surface area contributed by atoms with Gasteiger partial charge in [0.05, 0.1) is 18.6 Å². The molecule has 0 aliphatic carbocycles. The summed E-state index contributed by atoms with van der Waals surface area (Å²) in [6.45, 7) is 10.1. The molecular formula is C45H54IN5O9S. The number of rotatable bonds is 15. The zero-order valence-electron chi connectivity index (χ0n) is 35.5. The van der Waals surface area contributed by atoms with Gasteiger partial charge in [0.2, 0.25) is 11.8 Å². The van der Waals surface area contributed by atoms with Crippen LogP contribution in [0.4, 0.5) is 10.5 Å². The van der Waals surface area contributed by atoms with Crippen LogP contribution in [0.3, 0.4) is 0 Å². The fourth-order valence-electron chi connectivity index (χ4n) is 6.07. The maximum absolute atomic E-state index is 13.9. The monoisotopic (exact) mass is 967 g/mol. The van der Waals surface area contributed by atoms with Crippen LogP contribution in [0.1, 0.15) is 75.0 Å². The predicted molar refractivity (Wildman–Crippen MR) is 247 cm³/mol. The average molecular weight is 968 g/mol. The van der Waals surface area contributed by atoms with Crippen LogP contribution in [0, 0.1) is 5.41 Å². The number of carbonyl (C=O) groups excluding carboxylic acids is 6. The minimum atomic E-state index is -1.49. The van der Waals surface area contributed by atoms with Crippen LogP contribution >= 0.6 is 35.7 Å². The minimum absolute atomic E-state index is 0. The van der Waals surface area contributed by atoms with E-state index in [1.165, 1.54) is 37.1 Å². The number of thioether (sulfide) groups is 1. The van der Waals surface area contributed by atoms with Crippen LogP contribution in [-0.2, 0) is 46.2 Å². The molecule has 3 atom stereocenters. The van der Waals surface area contributed by atoms with Crippen molar-refractivity contribution in [1.29, 1.82) is 5.41 Å². The number of halogens is 1. The molecule has 326 valence electrons. The van der Waals surface area contributed by atoms with Crippen LogP contribution in [0.25, 0.3) is 10.8 Å². The fourth-order valence-corrected chi connectivity index (χ4v) is 6.44. The molecule has 4 amide bonds. The van der Waals surface area contributed by atoms with Gasteiger partial charge in [-0.3, -0.25) is 24.6 Å². The lowest BCUT2D eigenvalue weighted by molar-refractivity contribution is -0.156. The smallest absolute Gasteiger partial charge is 0.408 e. The quantitative estimate of drug-likeness (QED) is 0.0273. The van der Waals surface area contributed by atoms with Crippen molar-refractivity contribution in [3.05, 3.63) is 113 Å². The molecule has 14 nitrogen and oxygen atoms in total. The van der Waals surface area contributed by atoms with Crippen molar-refractivity contribution in [2.45, 2.75) is 90.1 Å². The highest BCUT2D eigenvalue weighted by Gasteiger charge is 2.32. The molecule has 0 spiro atoms. The second kappa shape index (κ2) is 22.4. The predicted octanol–water partition coefficient (Wildman–Crippen LogP) is 6.95. The molecule has 0 unspecified atom stereocenters. The Bertz CT molecular complexity index is 2220. The molecule has 4 rings (SSSR count). The van der Waals surface area contributed by atoms with Gasteiger partial charge < -0.3 is 35.5 Å². The third kappa shape index (κ3) is 15.8. The topological polar surface area (TPSA) is 202 Å². The van der Waals surface area contributed by atoms with Gasteiger partial charge in [-0.05, 0) is 87.9 Å². The Morgan fingerprint density at radius 3 is 1.97 bits per heavy atom. The highest BCUT2D eigenvalue weighted by Crippen LogP contribution is 2.21. The van der Waals surface area contributed by atoms with Crippen molar-refractivity contribution < 1.29 is 43.0 Å². The van der Waals surface area contributed by atoms with Crippen molar-refractivity contribution in [1.82, 2.24) is 16.0 Å². The summed E-state index contributed by atoms with van der Waals surface area (Å²) in [5, 5.41) is 20.9. The van der Waals surface area contributed by atoms with Crippen molar-refractivity contribution in [2.24, 2.45) is 0 Å². The molecular weight excluding hydrogens is 913 g/mol. The number of nitrogens with one attached hydrogen (secondary N) is 5. The first-order valence-electron chi connectivity index (χ1n) is 19.2. The van der Waals surface area contributed by atoms with Crippen molar-refractivity contribution >= 4 is 93.0 Å². The summed E-state index contributed by atoms with van der Waals surface area (Å²) in [4.78, 5) is 80.4. The zero-order chi connectivity index (χ0) is 44.2. The number of ether oxygens (including phenoxy) is 3. The van der Waals surface area contributed by atoms with E-state index in [0.29, 0.717) is 16.2 Å². The molecule has 5 N–H and O–H groups in total. The lowest BCUT2D eigenvalue weighted by Crippen LogP contribution is -2.53. The van der Waals surface area contributed by atoms with E-state index in [4.69, 9.17) is 19.6 Å². The van der Waals surface area contributed by atoms with Gasteiger partial charge in [0.1, 0.15) is 29.3 Å². The molecule has 4 aromatic carbocycles. The molecule has 0 radical (unpaired) electrons. The summed E-state index contributed by atoms with van der Waals surface area (Å²) >= 11 is 1.29. The van der Waals surface area contributed by atoms with Crippen molar-refractivity contribution in [3.63, 3.8) is 0 Å². The fraction of sp³-hybridized carbons (Fsp3) is 0.356. The Morgan fingerprint density at radius 1 is 0.689 bits per heavy atom. The molecule has 0 aliphatic heterocycles. The van der Waals surface area contributed by atoms with Gasteiger partial charge in [-0.1, -0.05) is 72.8 Å². The number of carbonyl (C=O) groups is 6. The highest BCUT2D eigenvalue weighted by molar-refractivity contribution is 14.0. The number of benzene rings is 4. The summed E-state index contributed by atoms with van der Waals surface area (Å²) in [5.74, 6) is -3.70. The van der Waals surface area contributed by atoms with E-state index >= 15 is 0 Å². The van der Waals surface area contributed by atoms with Crippen molar-refractivity contribution in [2.75, 3.05) is 18.7 Å². The van der Waals surface area contributed by atoms with E-state index in [-0.39, 0.29) is 48.1 Å². The van der Waals surface area contributed by atoms with E-state index in [1.807, 2.05) is 42.5 Å². The first kappa shape index (κ1) is 49.9. The zero-order valence-corrected chi connectivity index (χ0v) is 38.7. The van der Waals surface area contributed by atoms with Crippen molar-refractivity contribution in [3.8, 4) is 0 Å². The van der Waals surface area contributed by atoms with Gasteiger partial charge in [0, 0.05) is 29.7 Å². The average Bonchev–Trinajstić information content (AvgIpc) is 3.18. The Morgan fingerprint density at radius 2 is 1.33 bits per heavy atom. The summed E-state index contributed by atoms with van der Waals surface area (Å²) in [7, 11) is 1.20.